The number of methoxy groups -OCH3 is 1. The van der Waals surface area contributed by atoms with Crippen LogP contribution in [0.4, 0.5) is 5.13 Å². The Balaban J connectivity index is 1.73. The average molecular weight is 494 g/mol. The second-order valence-corrected chi connectivity index (χ2v) is 8.53. The van der Waals surface area contributed by atoms with E-state index in [0.717, 1.165) is 39.0 Å². The van der Waals surface area contributed by atoms with Gasteiger partial charge in [-0.2, -0.15) is 0 Å². The largest absolute Gasteiger partial charge is 0.497 e. The lowest BCUT2D eigenvalue weighted by Crippen LogP contribution is -2.37. The Hall–Kier alpha value is -1.71. The first-order valence-electron chi connectivity index (χ1n) is 8.78. The quantitative estimate of drug-likeness (QED) is 0.482. The minimum Gasteiger partial charge on any atom is -0.497 e. The third kappa shape index (κ3) is 3.95. The summed E-state index contributed by atoms with van der Waals surface area (Å²) in [6, 6.07) is 13.4. The lowest BCUT2D eigenvalue weighted by Gasteiger charge is -2.23. The Morgan fingerprint density at radius 2 is 2.22 bits per heavy atom. The number of ether oxygens (including phenoxy) is 2. The number of fused-ring (bicyclic) bond motifs is 1. The molecule has 1 amide bonds. The first-order chi connectivity index (χ1) is 13.2. The molecule has 1 aliphatic rings. The molecule has 1 atom stereocenters. The van der Waals surface area contributed by atoms with Gasteiger partial charge in [-0.3, -0.25) is 9.69 Å². The summed E-state index contributed by atoms with van der Waals surface area (Å²) < 4.78 is 13.0. The number of benzene rings is 2. The van der Waals surface area contributed by atoms with Gasteiger partial charge in [0.15, 0.2) is 5.13 Å². The summed E-state index contributed by atoms with van der Waals surface area (Å²) in [5.41, 5.74) is 1.52. The summed E-state index contributed by atoms with van der Waals surface area (Å²) in [6.45, 7) is 1.27. The molecule has 4 rings (SSSR count). The molecule has 1 aliphatic heterocycles. The Morgan fingerprint density at radius 3 is 2.96 bits per heavy atom. The van der Waals surface area contributed by atoms with Crippen LogP contribution in [0, 0.1) is 3.57 Å². The first-order valence-corrected chi connectivity index (χ1v) is 10.7. The predicted octanol–water partition coefficient (Wildman–Crippen LogP) is 4.74. The van der Waals surface area contributed by atoms with Crippen molar-refractivity contribution in [1.82, 2.24) is 4.98 Å². The number of amides is 1. The Kier molecular flexibility index (Phi) is 5.60. The van der Waals surface area contributed by atoms with Crippen molar-refractivity contribution in [3.8, 4) is 5.75 Å². The molecule has 0 bridgehead atoms. The fraction of sp³-hybridized carbons (Fsp3) is 0.300. The van der Waals surface area contributed by atoms with Crippen molar-refractivity contribution < 1.29 is 14.3 Å². The molecule has 0 spiro atoms. The molecule has 1 fully saturated rings. The third-order valence-corrected chi connectivity index (χ3v) is 6.57. The summed E-state index contributed by atoms with van der Waals surface area (Å²) in [5.74, 6) is 0.718. The van der Waals surface area contributed by atoms with Gasteiger partial charge in [-0.05, 0) is 59.7 Å². The van der Waals surface area contributed by atoms with E-state index < -0.39 is 0 Å². The van der Waals surface area contributed by atoms with Crippen LogP contribution >= 0.6 is 33.9 Å². The molecule has 3 aromatic rings. The molecule has 0 N–H and O–H groups in total. The Bertz CT molecular complexity index is 969. The SMILES string of the molecule is COc1ccc2sc(N(CC3CCCO3)C(=O)c3ccccc3I)nc2c1. The van der Waals surface area contributed by atoms with Gasteiger partial charge in [0.25, 0.3) is 5.91 Å². The van der Waals surface area contributed by atoms with Gasteiger partial charge in [-0.15, -0.1) is 0 Å². The molecule has 1 saturated heterocycles. The number of carbonyl (C=O) groups excluding carboxylic acids is 1. The number of rotatable bonds is 5. The lowest BCUT2D eigenvalue weighted by atomic mass is 10.2. The monoisotopic (exact) mass is 494 g/mol. The van der Waals surface area contributed by atoms with Crippen molar-refractivity contribution in [2.75, 3.05) is 25.2 Å². The molecule has 5 nitrogen and oxygen atoms in total. The van der Waals surface area contributed by atoms with Crippen LogP contribution in [-0.2, 0) is 4.74 Å². The zero-order chi connectivity index (χ0) is 18.8. The second-order valence-electron chi connectivity index (χ2n) is 6.36. The van der Waals surface area contributed by atoms with E-state index in [1.54, 1.807) is 12.0 Å². The highest BCUT2D eigenvalue weighted by atomic mass is 127. The molecule has 27 heavy (non-hydrogen) atoms. The van der Waals surface area contributed by atoms with Gasteiger partial charge >= 0.3 is 0 Å². The van der Waals surface area contributed by atoms with E-state index in [2.05, 4.69) is 22.6 Å². The minimum atomic E-state index is -0.0403. The summed E-state index contributed by atoms with van der Waals surface area (Å²) in [7, 11) is 1.64. The molecular formula is C20H19IN2O3S. The van der Waals surface area contributed by atoms with Gasteiger partial charge < -0.3 is 9.47 Å². The molecule has 2 aromatic carbocycles. The smallest absolute Gasteiger partial charge is 0.261 e. The van der Waals surface area contributed by atoms with Crippen molar-refractivity contribution in [3.05, 3.63) is 51.6 Å². The summed E-state index contributed by atoms with van der Waals surface area (Å²) in [4.78, 5) is 19.9. The molecule has 0 radical (unpaired) electrons. The van der Waals surface area contributed by atoms with E-state index in [0.29, 0.717) is 17.2 Å². The third-order valence-electron chi connectivity index (χ3n) is 4.57. The molecular weight excluding hydrogens is 475 g/mol. The van der Waals surface area contributed by atoms with Crippen LogP contribution in [0.3, 0.4) is 0 Å². The molecule has 1 unspecified atom stereocenters. The first kappa shape index (κ1) is 18.6. The van der Waals surface area contributed by atoms with E-state index in [4.69, 9.17) is 14.5 Å². The van der Waals surface area contributed by atoms with Crippen molar-refractivity contribution >= 4 is 55.2 Å². The van der Waals surface area contributed by atoms with E-state index in [1.807, 2.05) is 42.5 Å². The van der Waals surface area contributed by atoms with Crippen LogP contribution in [-0.4, -0.2) is 37.3 Å². The fourth-order valence-electron chi connectivity index (χ4n) is 3.16. The standard InChI is InChI=1S/C20H19IN2O3S/c1-25-13-8-9-18-17(11-13)22-20(27-18)23(12-14-5-4-10-26-14)19(24)15-6-2-3-7-16(15)21/h2-3,6-9,11,14H,4-5,10,12H2,1H3. The maximum absolute atomic E-state index is 13.4. The summed E-state index contributed by atoms with van der Waals surface area (Å²) >= 11 is 3.72. The molecule has 0 saturated carbocycles. The fourth-order valence-corrected chi connectivity index (χ4v) is 4.73. The normalized spacial score (nSPS) is 16.6. The van der Waals surface area contributed by atoms with Gasteiger partial charge in [0.05, 0.1) is 35.5 Å². The highest BCUT2D eigenvalue weighted by Gasteiger charge is 2.28. The number of halogens is 1. The maximum Gasteiger partial charge on any atom is 0.261 e. The van der Waals surface area contributed by atoms with Gasteiger partial charge in [0, 0.05) is 16.2 Å². The predicted molar refractivity (Wildman–Crippen MR) is 116 cm³/mol. The Labute approximate surface area is 175 Å². The van der Waals surface area contributed by atoms with Crippen LogP contribution in [0.25, 0.3) is 10.2 Å². The van der Waals surface area contributed by atoms with Crippen LogP contribution < -0.4 is 9.64 Å². The van der Waals surface area contributed by atoms with E-state index in [1.165, 1.54) is 11.3 Å². The zero-order valence-electron chi connectivity index (χ0n) is 14.9. The van der Waals surface area contributed by atoms with Crippen LogP contribution in [0.1, 0.15) is 23.2 Å². The average Bonchev–Trinajstić information content (AvgIpc) is 3.34. The van der Waals surface area contributed by atoms with Gasteiger partial charge in [-0.25, -0.2) is 4.98 Å². The Morgan fingerprint density at radius 1 is 1.37 bits per heavy atom. The second kappa shape index (κ2) is 8.12. The van der Waals surface area contributed by atoms with E-state index in [-0.39, 0.29) is 12.0 Å². The van der Waals surface area contributed by atoms with Gasteiger partial charge in [-0.1, -0.05) is 23.5 Å². The molecule has 0 aliphatic carbocycles. The van der Waals surface area contributed by atoms with Crippen molar-refractivity contribution in [2.45, 2.75) is 18.9 Å². The molecule has 140 valence electrons. The molecule has 1 aromatic heterocycles. The van der Waals surface area contributed by atoms with Crippen LogP contribution in [0.2, 0.25) is 0 Å². The summed E-state index contributed by atoms with van der Waals surface area (Å²) in [5, 5.41) is 0.693. The van der Waals surface area contributed by atoms with Crippen molar-refractivity contribution in [1.29, 1.82) is 0 Å². The molecule has 7 heteroatoms. The van der Waals surface area contributed by atoms with Crippen molar-refractivity contribution in [2.24, 2.45) is 0 Å². The van der Waals surface area contributed by atoms with E-state index >= 15 is 0 Å². The number of aromatic nitrogens is 1. The van der Waals surface area contributed by atoms with Gasteiger partial charge in [0.2, 0.25) is 0 Å². The number of hydrogen-bond acceptors (Lipinski definition) is 5. The van der Waals surface area contributed by atoms with Crippen molar-refractivity contribution in [3.63, 3.8) is 0 Å². The van der Waals surface area contributed by atoms with Crippen LogP contribution in [0.15, 0.2) is 42.5 Å². The number of anilines is 1. The maximum atomic E-state index is 13.4. The highest BCUT2D eigenvalue weighted by molar-refractivity contribution is 14.1. The lowest BCUT2D eigenvalue weighted by molar-refractivity contribution is 0.0916. The number of carbonyl (C=O) groups is 1. The number of hydrogen-bond donors (Lipinski definition) is 0. The highest BCUT2D eigenvalue weighted by Crippen LogP contribution is 2.33. The summed E-state index contributed by atoms with van der Waals surface area (Å²) in [6.07, 6.45) is 2.05. The number of thiazole rings is 1. The number of nitrogens with zero attached hydrogens (tertiary/aromatic N) is 2. The van der Waals surface area contributed by atoms with Gasteiger partial charge in [0.1, 0.15) is 5.75 Å². The topological polar surface area (TPSA) is 51.7 Å². The minimum absolute atomic E-state index is 0.0403. The zero-order valence-corrected chi connectivity index (χ0v) is 17.8. The van der Waals surface area contributed by atoms with E-state index in [9.17, 15) is 4.79 Å². The molecule has 2 heterocycles. The van der Waals surface area contributed by atoms with Crippen LogP contribution in [0.5, 0.6) is 5.75 Å².